The Morgan fingerprint density at radius 3 is 2.36 bits per heavy atom. The van der Waals surface area contributed by atoms with Crippen molar-refractivity contribution in [1.82, 2.24) is 10.6 Å². The highest BCUT2D eigenvalue weighted by atomic mass is 35.5. The summed E-state index contributed by atoms with van der Waals surface area (Å²) >= 11 is 0. The highest BCUT2D eigenvalue weighted by Crippen LogP contribution is 2.58. The average Bonchev–Trinajstić information content (AvgIpc) is 3.28. The van der Waals surface area contributed by atoms with Gasteiger partial charge in [-0.25, -0.2) is 4.79 Å². The van der Waals surface area contributed by atoms with Gasteiger partial charge in [-0.3, -0.25) is 4.79 Å². The summed E-state index contributed by atoms with van der Waals surface area (Å²) in [6.45, 7) is 5.98. The minimum atomic E-state index is -0.280. The summed E-state index contributed by atoms with van der Waals surface area (Å²) in [6, 6.07) is 6.88. The lowest BCUT2D eigenvalue weighted by molar-refractivity contribution is -0.118. The summed E-state index contributed by atoms with van der Waals surface area (Å²) in [4.78, 5) is 24.0. The Hall–Kier alpha value is -2.05. The maximum Gasteiger partial charge on any atom is 0.319 e. The van der Waals surface area contributed by atoms with Crippen LogP contribution in [0.25, 0.3) is 0 Å². The summed E-state index contributed by atoms with van der Waals surface area (Å²) < 4.78 is 0. The van der Waals surface area contributed by atoms with Crippen molar-refractivity contribution in [1.29, 1.82) is 0 Å². The normalized spacial score (nSPS) is 20.1. The molecular formula is C18H25ClN4O2. The summed E-state index contributed by atoms with van der Waals surface area (Å²) in [6.07, 6.45) is 4.80. The molecule has 0 bridgehead atoms. The fraction of sp³-hybridized carbons (Fsp3) is 0.444. The number of rotatable bonds is 5. The van der Waals surface area contributed by atoms with Crippen LogP contribution >= 0.6 is 12.4 Å². The first-order valence-electron chi connectivity index (χ1n) is 8.40. The van der Waals surface area contributed by atoms with Crippen molar-refractivity contribution in [3.63, 3.8) is 0 Å². The van der Waals surface area contributed by atoms with Gasteiger partial charge in [0.05, 0.1) is 0 Å². The zero-order chi connectivity index (χ0) is 17.0. The van der Waals surface area contributed by atoms with E-state index in [1.165, 1.54) is 0 Å². The largest absolute Gasteiger partial charge is 0.334 e. The molecule has 1 saturated heterocycles. The zero-order valence-corrected chi connectivity index (χ0v) is 15.0. The van der Waals surface area contributed by atoms with E-state index in [-0.39, 0.29) is 35.7 Å². The van der Waals surface area contributed by atoms with Gasteiger partial charge in [0.25, 0.3) is 0 Å². The molecule has 1 unspecified atom stereocenters. The van der Waals surface area contributed by atoms with Gasteiger partial charge in [0.2, 0.25) is 5.91 Å². The standard InChI is InChI=1S/C18H24N4O2.ClH/c1-2-9-20-17(24)22-14-5-3-13(4-6-14)21-16(23)15-12-18(15)7-10-19-11-8-18;/h2-6,15,19H,1,7-12H2,(H,21,23)(H2,20,22,24);1H. The van der Waals surface area contributed by atoms with Gasteiger partial charge in [0.1, 0.15) is 0 Å². The van der Waals surface area contributed by atoms with E-state index in [4.69, 9.17) is 0 Å². The molecule has 3 rings (SSSR count). The molecule has 1 atom stereocenters. The van der Waals surface area contributed by atoms with Crippen LogP contribution in [-0.4, -0.2) is 31.6 Å². The third-order valence-electron chi connectivity index (χ3n) is 4.92. The summed E-state index contributed by atoms with van der Waals surface area (Å²) in [5.74, 6) is 0.253. The minimum Gasteiger partial charge on any atom is -0.334 e. The number of halogens is 1. The molecule has 1 heterocycles. The van der Waals surface area contributed by atoms with Crippen LogP contribution in [0.2, 0.25) is 0 Å². The summed E-state index contributed by atoms with van der Waals surface area (Å²) in [5.41, 5.74) is 1.67. The summed E-state index contributed by atoms with van der Waals surface area (Å²) in [5, 5.41) is 11.7. The van der Waals surface area contributed by atoms with Crippen LogP contribution in [0.15, 0.2) is 36.9 Å². The van der Waals surface area contributed by atoms with Crippen molar-refractivity contribution in [2.45, 2.75) is 19.3 Å². The fourth-order valence-electron chi connectivity index (χ4n) is 3.40. The van der Waals surface area contributed by atoms with E-state index in [9.17, 15) is 9.59 Å². The molecule has 0 radical (unpaired) electrons. The summed E-state index contributed by atoms with van der Waals surface area (Å²) in [7, 11) is 0. The van der Waals surface area contributed by atoms with Gasteiger partial charge in [-0.05, 0) is 62.0 Å². The van der Waals surface area contributed by atoms with Crippen LogP contribution in [0.1, 0.15) is 19.3 Å². The van der Waals surface area contributed by atoms with Crippen LogP contribution in [0.5, 0.6) is 0 Å². The van der Waals surface area contributed by atoms with E-state index >= 15 is 0 Å². The smallest absolute Gasteiger partial charge is 0.319 e. The molecule has 3 amide bonds. The number of nitrogens with one attached hydrogen (secondary N) is 4. The van der Waals surface area contributed by atoms with Crippen molar-refractivity contribution in [2.24, 2.45) is 11.3 Å². The van der Waals surface area contributed by atoms with Gasteiger partial charge in [-0.2, -0.15) is 0 Å². The second kappa shape index (κ2) is 8.36. The van der Waals surface area contributed by atoms with Gasteiger partial charge in [-0.15, -0.1) is 19.0 Å². The van der Waals surface area contributed by atoms with Crippen molar-refractivity contribution >= 4 is 35.7 Å². The number of urea groups is 1. The van der Waals surface area contributed by atoms with Crippen LogP contribution < -0.4 is 21.3 Å². The molecule has 1 aromatic carbocycles. The fourth-order valence-corrected chi connectivity index (χ4v) is 3.40. The van der Waals surface area contributed by atoms with Gasteiger partial charge >= 0.3 is 6.03 Å². The van der Waals surface area contributed by atoms with E-state index in [0.717, 1.165) is 38.0 Å². The number of carbonyl (C=O) groups is 2. The van der Waals surface area contributed by atoms with E-state index < -0.39 is 0 Å². The Kier molecular flexibility index (Phi) is 6.45. The first-order chi connectivity index (χ1) is 11.6. The Morgan fingerprint density at radius 2 is 1.76 bits per heavy atom. The minimum absolute atomic E-state index is 0. The molecule has 0 aromatic heterocycles. The highest BCUT2D eigenvalue weighted by Gasteiger charge is 2.57. The topological polar surface area (TPSA) is 82.3 Å². The number of piperidine rings is 1. The number of hydrogen-bond donors (Lipinski definition) is 4. The second-order valence-corrected chi connectivity index (χ2v) is 6.56. The van der Waals surface area contributed by atoms with Crippen LogP contribution in [-0.2, 0) is 4.79 Å². The van der Waals surface area contributed by atoms with E-state index in [1.54, 1.807) is 30.3 Å². The predicted octanol–water partition coefficient (Wildman–Crippen LogP) is 2.74. The molecule has 1 aliphatic carbocycles. The molecule has 1 aromatic rings. The molecule has 1 saturated carbocycles. The first-order valence-corrected chi connectivity index (χ1v) is 8.40. The van der Waals surface area contributed by atoms with Gasteiger partial charge < -0.3 is 21.3 Å². The predicted molar refractivity (Wildman–Crippen MR) is 102 cm³/mol. The molecule has 7 heteroatoms. The number of hydrogen-bond acceptors (Lipinski definition) is 3. The highest BCUT2D eigenvalue weighted by molar-refractivity contribution is 5.95. The maximum atomic E-state index is 12.4. The van der Waals surface area contributed by atoms with E-state index in [2.05, 4.69) is 27.8 Å². The van der Waals surface area contributed by atoms with Gasteiger partial charge in [0, 0.05) is 23.8 Å². The average molecular weight is 365 g/mol. The molecule has 136 valence electrons. The molecule has 2 aliphatic rings. The SMILES string of the molecule is C=CCNC(=O)Nc1ccc(NC(=O)C2CC23CCNCC3)cc1.Cl. The monoisotopic (exact) mass is 364 g/mol. The third-order valence-corrected chi connectivity index (χ3v) is 4.92. The van der Waals surface area contributed by atoms with Gasteiger partial charge in [-0.1, -0.05) is 6.08 Å². The number of anilines is 2. The zero-order valence-electron chi connectivity index (χ0n) is 14.1. The van der Waals surface area contributed by atoms with Crippen molar-refractivity contribution < 1.29 is 9.59 Å². The maximum absolute atomic E-state index is 12.4. The van der Waals surface area contributed by atoms with Crippen molar-refractivity contribution in [2.75, 3.05) is 30.3 Å². The van der Waals surface area contributed by atoms with E-state index in [0.29, 0.717) is 12.2 Å². The molecule has 6 nitrogen and oxygen atoms in total. The van der Waals surface area contributed by atoms with Crippen molar-refractivity contribution in [3.05, 3.63) is 36.9 Å². The Morgan fingerprint density at radius 1 is 1.16 bits per heavy atom. The lowest BCUT2D eigenvalue weighted by atomic mass is 9.92. The number of amides is 3. The Bertz CT molecular complexity index is 626. The number of benzene rings is 1. The molecule has 2 fully saturated rings. The quantitative estimate of drug-likeness (QED) is 0.606. The van der Waals surface area contributed by atoms with Crippen LogP contribution in [0.4, 0.5) is 16.2 Å². The molecule has 1 aliphatic heterocycles. The lowest BCUT2D eigenvalue weighted by Crippen LogP contribution is -2.31. The molecule has 25 heavy (non-hydrogen) atoms. The first kappa shape index (κ1) is 19.3. The van der Waals surface area contributed by atoms with E-state index in [1.807, 2.05) is 0 Å². The van der Waals surface area contributed by atoms with Crippen LogP contribution in [0, 0.1) is 11.3 Å². The molecular weight excluding hydrogens is 340 g/mol. The lowest BCUT2D eigenvalue weighted by Gasteiger charge is -2.23. The Balaban J connectivity index is 0.00000225. The van der Waals surface area contributed by atoms with Crippen molar-refractivity contribution in [3.8, 4) is 0 Å². The third kappa shape index (κ3) is 4.74. The van der Waals surface area contributed by atoms with Crippen LogP contribution in [0.3, 0.4) is 0 Å². The molecule has 1 spiro atoms. The number of carbonyl (C=O) groups excluding carboxylic acids is 2. The molecule has 4 N–H and O–H groups in total. The van der Waals surface area contributed by atoms with Gasteiger partial charge in [0.15, 0.2) is 0 Å². The Labute approximate surface area is 154 Å². The second-order valence-electron chi connectivity index (χ2n) is 6.56.